The van der Waals surface area contributed by atoms with E-state index in [1.54, 1.807) is 6.07 Å². The van der Waals surface area contributed by atoms with Gasteiger partial charge in [-0.2, -0.15) is 24.9 Å². The number of unbranched alkanes of at least 4 members (excludes halogenated alkanes) is 1. The van der Waals surface area contributed by atoms with E-state index in [2.05, 4.69) is 38.7 Å². The Labute approximate surface area is 260 Å². The summed E-state index contributed by atoms with van der Waals surface area (Å²) in [5.74, 6) is 1.30. The highest BCUT2D eigenvalue weighted by Crippen LogP contribution is 2.49. The molecule has 44 heavy (non-hydrogen) atoms. The van der Waals surface area contributed by atoms with Crippen molar-refractivity contribution in [1.82, 2.24) is 21.3 Å². The fraction of sp³-hybridized carbons (Fsp3) is 0.625. The van der Waals surface area contributed by atoms with Gasteiger partial charge in [0.2, 0.25) is 5.91 Å². The van der Waals surface area contributed by atoms with Crippen molar-refractivity contribution in [3.05, 3.63) is 53.6 Å². The zero-order valence-corrected chi connectivity index (χ0v) is 25.5. The maximum absolute atomic E-state index is 13.6. The van der Waals surface area contributed by atoms with Gasteiger partial charge in [-0.15, -0.1) is 0 Å². The van der Waals surface area contributed by atoms with Crippen LogP contribution in [0, 0.1) is 11.8 Å². The van der Waals surface area contributed by atoms with Gasteiger partial charge in [-0.05, 0) is 50.3 Å². The molecule has 1 unspecified atom stereocenters. The maximum Gasteiger partial charge on any atom is 0.416 e. The van der Waals surface area contributed by atoms with Crippen molar-refractivity contribution < 1.29 is 27.5 Å². The Morgan fingerprint density at radius 2 is 1.95 bits per heavy atom. The first kappa shape index (κ1) is 31.3. The molecule has 0 spiro atoms. The van der Waals surface area contributed by atoms with E-state index in [4.69, 9.17) is 4.74 Å². The van der Waals surface area contributed by atoms with Crippen LogP contribution in [0.3, 0.4) is 0 Å². The van der Waals surface area contributed by atoms with Gasteiger partial charge < -0.3 is 31.3 Å². The summed E-state index contributed by atoms with van der Waals surface area (Å²) in [6.07, 6.45) is 9.24. The normalized spacial score (nSPS) is 32.2. The lowest BCUT2D eigenvalue weighted by molar-refractivity contribution is -0.138. The van der Waals surface area contributed by atoms with Gasteiger partial charge >= 0.3 is 12.2 Å². The van der Waals surface area contributed by atoms with E-state index >= 15 is 0 Å². The van der Waals surface area contributed by atoms with Crippen LogP contribution >= 0.6 is 11.8 Å². The van der Waals surface area contributed by atoms with Crippen molar-refractivity contribution >= 4 is 29.4 Å². The number of rotatable bonds is 11. The van der Waals surface area contributed by atoms with E-state index in [9.17, 15) is 22.8 Å². The number of urea groups is 1. The first-order valence-electron chi connectivity index (χ1n) is 15.9. The second kappa shape index (κ2) is 13.7. The molecule has 8 atom stereocenters. The van der Waals surface area contributed by atoms with Crippen molar-refractivity contribution in [2.75, 3.05) is 30.7 Å². The van der Waals surface area contributed by atoms with E-state index in [0.717, 1.165) is 56.0 Å². The van der Waals surface area contributed by atoms with Gasteiger partial charge in [-0.3, -0.25) is 4.79 Å². The molecule has 0 saturated carbocycles. The lowest BCUT2D eigenvalue weighted by atomic mass is 9.73. The monoisotopic (exact) mass is 633 g/mol. The molecule has 3 fully saturated rings. The lowest BCUT2D eigenvalue weighted by Gasteiger charge is -2.47. The third-order valence-electron chi connectivity index (χ3n) is 9.57. The Hall–Kier alpha value is -2.70. The quantitative estimate of drug-likeness (QED) is 0.176. The van der Waals surface area contributed by atoms with Crippen LogP contribution in [0.1, 0.15) is 62.2 Å². The molecule has 0 bridgehead atoms. The smallest absolute Gasteiger partial charge is 0.381 e. The predicted octanol–water partition coefficient (Wildman–Crippen LogP) is 4.90. The molecule has 5 N–H and O–H groups in total. The van der Waals surface area contributed by atoms with E-state index in [1.807, 2.05) is 23.9 Å². The number of halogens is 3. The average molecular weight is 634 g/mol. The fourth-order valence-electron chi connectivity index (χ4n) is 7.33. The molecule has 1 aromatic rings. The third-order valence-corrected chi connectivity index (χ3v) is 11.1. The fourth-order valence-corrected chi connectivity index (χ4v) is 8.87. The van der Waals surface area contributed by atoms with Crippen LogP contribution in [-0.2, 0) is 15.7 Å². The third kappa shape index (κ3) is 7.23. The van der Waals surface area contributed by atoms with E-state index in [0.29, 0.717) is 36.9 Å². The minimum atomic E-state index is -4.41. The SMILES string of the molecule is O=C(CCCC[C@H]1SC[C@H]2NC(=O)N[C@H]21)NCCNC[C@H]1CC[C@@H]2[C@H](O1)c1cc(C(F)(F)F)ccc1N[C@H]2C1C=CC=CC1. The lowest BCUT2D eigenvalue weighted by Crippen LogP contribution is -2.48. The number of alkyl halides is 3. The number of amides is 3. The summed E-state index contributed by atoms with van der Waals surface area (Å²) < 4.78 is 47.3. The Morgan fingerprint density at radius 1 is 1.07 bits per heavy atom. The highest BCUT2D eigenvalue weighted by atomic mass is 32.2. The number of ether oxygens (including phenoxy) is 1. The standard InChI is InChI=1S/C32H42F3N5O3S/c33-32(34,35)20-10-13-24-23(16-20)30-22(28(38-24)19-6-2-1-3-7-19)12-11-21(43-30)17-36-14-15-37-27(41)9-5-4-8-26-29-25(18-44-26)39-31(42)40-29/h1-3,6,10,13,16,19,21-22,25-26,28-30,36,38H,4-5,7-9,11-12,14-15,17-18H2,(H,37,41)(H2,39,40,42)/t19?,21-,22+,25-,26-,28+,29-,30+/m1/s1. The molecule has 12 heteroatoms. The second-order valence-electron chi connectivity index (χ2n) is 12.5. The number of carbonyl (C=O) groups is 2. The highest BCUT2D eigenvalue weighted by Gasteiger charge is 2.45. The van der Waals surface area contributed by atoms with Gasteiger partial charge in [0.15, 0.2) is 0 Å². The first-order chi connectivity index (χ1) is 21.3. The van der Waals surface area contributed by atoms with Gasteiger partial charge in [-0.1, -0.05) is 30.7 Å². The maximum atomic E-state index is 13.6. The molecule has 3 saturated heterocycles. The summed E-state index contributed by atoms with van der Waals surface area (Å²) in [6, 6.07) is 4.38. The number of fused-ring (bicyclic) bond motifs is 4. The van der Waals surface area contributed by atoms with E-state index in [-0.39, 0.29) is 48.0 Å². The summed E-state index contributed by atoms with van der Waals surface area (Å²) in [6.45, 7) is 1.67. The Balaban J connectivity index is 0.939. The molecule has 4 heterocycles. The largest absolute Gasteiger partial charge is 0.416 e. The molecule has 5 aliphatic rings. The van der Waals surface area contributed by atoms with Crippen LogP contribution in [0.4, 0.5) is 23.7 Å². The summed E-state index contributed by atoms with van der Waals surface area (Å²) in [7, 11) is 0. The molecule has 8 nitrogen and oxygen atoms in total. The topological polar surface area (TPSA) is 104 Å². The number of benzene rings is 1. The minimum absolute atomic E-state index is 0.0285. The van der Waals surface area contributed by atoms with Gasteiger partial charge in [0, 0.05) is 66.2 Å². The van der Waals surface area contributed by atoms with Crippen LogP contribution < -0.4 is 26.6 Å². The average Bonchev–Trinajstić information content (AvgIpc) is 3.57. The molecule has 1 aromatic carbocycles. The number of thioether (sulfide) groups is 1. The van der Waals surface area contributed by atoms with Crippen molar-refractivity contribution in [3.63, 3.8) is 0 Å². The van der Waals surface area contributed by atoms with Gasteiger partial charge in [0.25, 0.3) is 0 Å². The molecule has 0 radical (unpaired) electrons. The zero-order valence-electron chi connectivity index (χ0n) is 24.7. The van der Waals surface area contributed by atoms with Gasteiger partial charge in [0.05, 0.1) is 29.9 Å². The van der Waals surface area contributed by atoms with Crippen LogP contribution in [-0.4, -0.2) is 66.8 Å². The summed E-state index contributed by atoms with van der Waals surface area (Å²) in [4.78, 5) is 23.9. The second-order valence-corrected chi connectivity index (χ2v) is 13.8. The zero-order chi connectivity index (χ0) is 30.7. The molecule has 240 valence electrons. The highest BCUT2D eigenvalue weighted by molar-refractivity contribution is 8.00. The van der Waals surface area contributed by atoms with Crippen LogP contribution in [0.15, 0.2) is 42.5 Å². The number of carbonyl (C=O) groups excluding carboxylic acids is 2. The number of hydrogen-bond acceptors (Lipinski definition) is 6. The first-order valence-corrected chi connectivity index (χ1v) is 16.9. The van der Waals surface area contributed by atoms with Crippen molar-refractivity contribution in [2.45, 2.75) is 86.7 Å². The minimum Gasteiger partial charge on any atom is -0.381 e. The summed E-state index contributed by atoms with van der Waals surface area (Å²) >= 11 is 1.89. The summed E-state index contributed by atoms with van der Waals surface area (Å²) in [5.41, 5.74) is 0.655. The number of anilines is 1. The van der Waals surface area contributed by atoms with E-state index < -0.39 is 17.8 Å². The number of nitrogens with one attached hydrogen (secondary N) is 5. The Kier molecular flexibility index (Phi) is 9.77. The van der Waals surface area contributed by atoms with Crippen molar-refractivity contribution in [2.24, 2.45) is 11.8 Å². The summed E-state index contributed by atoms with van der Waals surface area (Å²) in [5, 5.41) is 16.3. The van der Waals surface area contributed by atoms with Crippen LogP contribution in [0.2, 0.25) is 0 Å². The molecule has 3 amide bonds. The molecule has 4 aliphatic heterocycles. The van der Waals surface area contributed by atoms with Crippen molar-refractivity contribution in [3.8, 4) is 0 Å². The van der Waals surface area contributed by atoms with Crippen molar-refractivity contribution in [1.29, 1.82) is 0 Å². The van der Waals surface area contributed by atoms with E-state index in [1.165, 1.54) is 6.07 Å². The molecule has 6 rings (SSSR count). The van der Waals surface area contributed by atoms with Crippen LogP contribution in [0.25, 0.3) is 0 Å². The van der Waals surface area contributed by atoms with Gasteiger partial charge in [0.1, 0.15) is 0 Å². The van der Waals surface area contributed by atoms with Gasteiger partial charge in [-0.25, -0.2) is 4.79 Å². The Bertz CT molecular complexity index is 1260. The molecular formula is C32H42F3N5O3S. The Morgan fingerprint density at radius 3 is 2.77 bits per heavy atom. The molecular weight excluding hydrogens is 591 g/mol. The predicted molar refractivity (Wildman–Crippen MR) is 165 cm³/mol. The van der Waals surface area contributed by atoms with Crippen LogP contribution in [0.5, 0.6) is 0 Å². The molecule has 1 aliphatic carbocycles. The number of hydrogen-bond donors (Lipinski definition) is 5. The molecule has 0 aromatic heterocycles. The number of allylic oxidation sites excluding steroid dienone is 3.